The van der Waals surface area contributed by atoms with Gasteiger partial charge in [0.25, 0.3) is 0 Å². The van der Waals surface area contributed by atoms with Gasteiger partial charge in [-0.15, -0.1) is 17.9 Å². The largest absolute Gasteiger partial charge is 0.362 e. The van der Waals surface area contributed by atoms with Gasteiger partial charge in [-0.1, -0.05) is 54.6 Å². The predicted molar refractivity (Wildman–Crippen MR) is 94.3 cm³/mol. The molecule has 2 aromatic carbocycles. The van der Waals surface area contributed by atoms with Crippen LogP contribution in [-0.2, 0) is 6.54 Å². The number of nitrogens with zero attached hydrogens (tertiary/aromatic N) is 1. The molecular formula is C19H19NS. The number of benzene rings is 2. The maximum atomic E-state index is 3.92. The quantitative estimate of drug-likeness (QED) is 0.569. The van der Waals surface area contributed by atoms with Gasteiger partial charge in [-0.25, -0.2) is 0 Å². The second kappa shape index (κ2) is 6.15. The van der Waals surface area contributed by atoms with Crippen molar-refractivity contribution in [2.24, 2.45) is 0 Å². The van der Waals surface area contributed by atoms with E-state index in [9.17, 15) is 0 Å². The van der Waals surface area contributed by atoms with Crippen molar-refractivity contribution in [3.63, 3.8) is 0 Å². The topological polar surface area (TPSA) is 3.24 Å². The van der Waals surface area contributed by atoms with Crippen LogP contribution in [0.1, 0.15) is 10.4 Å². The number of thiophene rings is 1. The van der Waals surface area contributed by atoms with Gasteiger partial charge >= 0.3 is 0 Å². The smallest absolute Gasteiger partial charge is 0.0590 e. The third kappa shape index (κ3) is 2.86. The summed E-state index contributed by atoms with van der Waals surface area (Å²) < 4.78 is 1.35. The molecule has 0 amide bonds. The van der Waals surface area contributed by atoms with E-state index in [1.807, 2.05) is 17.4 Å². The van der Waals surface area contributed by atoms with E-state index in [1.54, 1.807) is 0 Å². The summed E-state index contributed by atoms with van der Waals surface area (Å²) in [6, 6.07) is 19.3. The van der Waals surface area contributed by atoms with Crippen LogP contribution in [0.15, 0.2) is 67.3 Å². The molecule has 1 nitrogen and oxygen atoms in total. The summed E-state index contributed by atoms with van der Waals surface area (Å²) in [4.78, 5) is 3.78. The highest BCUT2D eigenvalue weighted by atomic mass is 32.1. The van der Waals surface area contributed by atoms with Crippen molar-refractivity contribution in [3.05, 3.63) is 77.7 Å². The Bertz CT molecular complexity index is 743. The summed E-state index contributed by atoms with van der Waals surface area (Å²) in [5.74, 6) is 0. The number of rotatable bonds is 5. The SMILES string of the molecule is C=CCN(Cc1ccccc1)c1c(C)sc2ccccc12. The van der Waals surface area contributed by atoms with Crippen molar-refractivity contribution in [2.45, 2.75) is 13.5 Å². The molecule has 0 radical (unpaired) electrons. The van der Waals surface area contributed by atoms with Gasteiger partial charge in [0.15, 0.2) is 0 Å². The van der Waals surface area contributed by atoms with Crippen LogP contribution in [-0.4, -0.2) is 6.54 Å². The predicted octanol–water partition coefficient (Wildman–Crippen LogP) is 5.40. The van der Waals surface area contributed by atoms with Crippen molar-refractivity contribution in [1.29, 1.82) is 0 Å². The second-order valence-corrected chi connectivity index (χ2v) is 6.41. The monoisotopic (exact) mass is 293 g/mol. The summed E-state index contributed by atoms with van der Waals surface area (Å²) in [7, 11) is 0. The average molecular weight is 293 g/mol. The lowest BCUT2D eigenvalue weighted by Crippen LogP contribution is -2.22. The molecule has 106 valence electrons. The van der Waals surface area contributed by atoms with Crippen molar-refractivity contribution in [3.8, 4) is 0 Å². The third-order valence-corrected chi connectivity index (χ3v) is 4.70. The van der Waals surface area contributed by atoms with E-state index in [2.05, 4.69) is 73.0 Å². The highest BCUT2D eigenvalue weighted by Crippen LogP contribution is 2.38. The molecule has 2 heteroatoms. The lowest BCUT2D eigenvalue weighted by atomic mass is 10.1. The first kappa shape index (κ1) is 13.9. The Morgan fingerprint density at radius 3 is 2.52 bits per heavy atom. The summed E-state index contributed by atoms with van der Waals surface area (Å²) in [6.07, 6.45) is 1.98. The number of anilines is 1. The molecule has 0 N–H and O–H groups in total. The Morgan fingerprint density at radius 2 is 1.76 bits per heavy atom. The lowest BCUT2D eigenvalue weighted by Gasteiger charge is -2.24. The van der Waals surface area contributed by atoms with Gasteiger partial charge in [-0.05, 0) is 18.6 Å². The fourth-order valence-electron chi connectivity index (χ4n) is 2.74. The van der Waals surface area contributed by atoms with Crippen molar-refractivity contribution in [1.82, 2.24) is 0 Å². The maximum Gasteiger partial charge on any atom is 0.0590 e. The fourth-order valence-corrected chi connectivity index (χ4v) is 3.83. The van der Waals surface area contributed by atoms with E-state index in [-0.39, 0.29) is 0 Å². The van der Waals surface area contributed by atoms with Gasteiger partial charge in [-0.3, -0.25) is 0 Å². The normalized spacial score (nSPS) is 10.7. The molecular weight excluding hydrogens is 274 g/mol. The third-order valence-electron chi connectivity index (χ3n) is 3.62. The van der Waals surface area contributed by atoms with Crippen LogP contribution in [0.5, 0.6) is 0 Å². The molecule has 1 aromatic heterocycles. The van der Waals surface area contributed by atoms with E-state index in [0.29, 0.717) is 0 Å². The summed E-state index contributed by atoms with van der Waals surface area (Å²) in [5.41, 5.74) is 2.67. The molecule has 0 fully saturated rings. The molecule has 0 atom stereocenters. The van der Waals surface area contributed by atoms with Gasteiger partial charge in [0, 0.05) is 28.1 Å². The second-order valence-electron chi connectivity index (χ2n) is 5.16. The van der Waals surface area contributed by atoms with Crippen LogP contribution < -0.4 is 4.90 Å². The number of fused-ring (bicyclic) bond motifs is 1. The minimum atomic E-state index is 0.858. The molecule has 3 rings (SSSR count). The first-order valence-corrected chi connectivity index (χ1v) is 7.99. The first-order chi connectivity index (χ1) is 10.3. The van der Waals surface area contributed by atoms with Crippen LogP contribution in [0.3, 0.4) is 0 Å². The van der Waals surface area contributed by atoms with Crippen LogP contribution in [0.4, 0.5) is 5.69 Å². The maximum absolute atomic E-state index is 3.92. The Morgan fingerprint density at radius 1 is 1.05 bits per heavy atom. The molecule has 0 unspecified atom stereocenters. The number of hydrogen-bond acceptors (Lipinski definition) is 2. The van der Waals surface area contributed by atoms with Gasteiger partial charge < -0.3 is 4.90 Å². The van der Waals surface area contributed by atoms with Crippen LogP contribution in [0.2, 0.25) is 0 Å². The van der Waals surface area contributed by atoms with Crippen molar-refractivity contribution in [2.75, 3.05) is 11.4 Å². The zero-order chi connectivity index (χ0) is 14.7. The highest BCUT2D eigenvalue weighted by molar-refractivity contribution is 7.19. The van der Waals surface area contributed by atoms with Crippen LogP contribution in [0.25, 0.3) is 10.1 Å². The van der Waals surface area contributed by atoms with Crippen LogP contribution >= 0.6 is 11.3 Å². The van der Waals surface area contributed by atoms with Gasteiger partial charge in [0.2, 0.25) is 0 Å². The molecule has 3 aromatic rings. The zero-order valence-electron chi connectivity index (χ0n) is 12.3. The minimum Gasteiger partial charge on any atom is -0.362 e. The molecule has 1 heterocycles. The fraction of sp³-hybridized carbons (Fsp3) is 0.158. The standard InChI is InChI=1S/C19H19NS/c1-3-13-20(14-16-9-5-4-6-10-16)19-15(2)21-18-12-8-7-11-17(18)19/h3-12H,1,13-14H2,2H3. The van der Waals surface area contributed by atoms with Gasteiger partial charge in [0.1, 0.15) is 0 Å². The molecule has 0 bridgehead atoms. The van der Waals surface area contributed by atoms with E-state index in [1.165, 1.54) is 26.2 Å². The molecule has 0 aliphatic carbocycles. The van der Waals surface area contributed by atoms with Crippen LogP contribution in [0, 0.1) is 6.92 Å². The van der Waals surface area contributed by atoms with Crippen molar-refractivity contribution >= 4 is 27.1 Å². The zero-order valence-corrected chi connectivity index (χ0v) is 13.1. The molecule has 0 spiro atoms. The van der Waals surface area contributed by atoms with E-state index < -0.39 is 0 Å². The highest BCUT2D eigenvalue weighted by Gasteiger charge is 2.15. The van der Waals surface area contributed by atoms with Gasteiger partial charge in [0.05, 0.1) is 5.69 Å². The Balaban J connectivity index is 2.03. The lowest BCUT2D eigenvalue weighted by molar-refractivity contribution is 0.871. The molecule has 0 saturated carbocycles. The molecule has 0 aliphatic heterocycles. The number of aryl methyl sites for hydroxylation is 1. The molecule has 0 saturated heterocycles. The molecule has 21 heavy (non-hydrogen) atoms. The Hall–Kier alpha value is -2.06. The summed E-state index contributed by atoms with van der Waals surface area (Å²) in [6.45, 7) is 7.90. The van der Waals surface area contributed by atoms with E-state index in [0.717, 1.165) is 13.1 Å². The Kier molecular flexibility index (Phi) is 4.07. The van der Waals surface area contributed by atoms with E-state index >= 15 is 0 Å². The first-order valence-electron chi connectivity index (χ1n) is 7.17. The minimum absolute atomic E-state index is 0.858. The van der Waals surface area contributed by atoms with Gasteiger partial charge in [-0.2, -0.15) is 0 Å². The molecule has 0 aliphatic rings. The van der Waals surface area contributed by atoms with E-state index in [4.69, 9.17) is 0 Å². The summed E-state index contributed by atoms with van der Waals surface area (Å²) in [5, 5.41) is 1.35. The Labute approximate surface area is 130 Å². The van der Waals surface area contributed by atoms with Crippen molar-refractivity contribution < 1.29 is 0 Å². The average Bonchev–Trinajstić information content (AvgIpc) is 2.83. The summed E-state index contributed by atoms with van der Waals surface area (Å²) >= 11 is 1.87. The number of hydrogen-bond donors (Lipinski definition) is 0.